The van der Waals surface area contributed by atoms with Crippen molar-refractivity contribution in [3.05, 3.63) is 18.6 Å². The van der Waals surface area contributed by atoms with Gasteiger partial charge < -0.3 is 9.64 Å². The molecule has 0 aromatic carbocycles. The molecule has 0 unspecified atom stereocenters. The fourth-order valence-corrected chi connectivity index (χ4v) is 3.11. The largest absolute Gasteiger partial charge is 0.464 e. The first kappa shape index (κ1) is 14.2. The maximum atomic E-state index is 13.8. The number of halogens is 1. The van der Waals surface area contributed by atoms with Crippen molar-refractivity contribution in [1.29, 1.82) is 0 Å². The summed E-state index contributed by atoms with van der Waals surface area (Å²) in [7, 11) is 1.89. The van der Waals surface area contributed by atoms with E-state index in [4.69, 9.17) is 4.74 Å². The number of anilines is 1. The number of esters is 1. The number of nitrogens with zero attached hydrogens (tertiary/aromatic N) is 4. The highest BCUT2D eigenvalue weighted by atomic mass is 19.1. The first-order valence-electron chi connectivity index (χ1n) is 7.18. The molecular weight excluding hydrogens is 275 g/mol. The zero-order valence-electron chi connectivity index (χ0n) is 12.0. The number of likely N-dealkylation sites (N-methyl/N-ethyl adjacent to an activating group) is 1. The number of carbonyl (C=O) groups is 1. The van der Waals surface area contributed by atoms with Crippen LogP contribution in [0.5, 0.6) is 0 Å². The highest BCUT2D eigenvalue weighted by Crippen LogP contribution is 2.26. The molecule has 0 N–H and O–H groups in total. The third-order valence-electron chi connectivity index (χ3n) is 4.16. The van der Waals surface area contributed by atoms with Gasteiger partial charge in [-0.25, -0.2) is 14.4 Å². The molecule has 6 nitrogen and oxygen atoms in total. The van der Waals surface area contributed by atoms with Gasteiger partial charge in [-0.15, -0.1) is 0 Å². The summed E-state index contributed by atoms with van der Waals surface area (Å²) in [4.78, 5) is 23.7. The molecule has 114 valence electrons. The first-order chi connectivity index (χ1) is 10.1. The van der Waals surface area contributed by atoms with Gasteiger partial charge in [0.15, 0.2) is 0 Å². The third-order valence-corrected chi connectivity index (χ3v) is 4.16. The minimum absolute atomic E-state index is 0.00769. The van der Waals surface area contributed by atoms with Gasteiger partial charge in [0.05, 0.1) is 13.2 Å². The van der Waals surface area contributed by atoms with Crippen LogP contribution in [0.4, 0.5) is 10.2 Å². The summed E-state index contributed by atoms with van der Waals surface area (Å²) in [5.41, 5.74) is 0. The number of aromatic nitrogens is 2. The summed E-state index contributed by atoms with van der Waals surface area (Å²) in [5, 5.41) is 0. The Bertz CT molecular complexity index is 501. The Morgan fingerprint density at radius 1 is 1.57 bits per heavy atom. The molecule has 3 rings (SSSR count). The minimum atomic E-state index is -0.867. The van der Waals surface area contributed by atoms with Crippen molar-refractivity contribution < 1.29 is 13.9 Å². The second kappa shape index (κ2) is 5.93. The lowest BCUT2D eigenvalue weighted by molar-refractivity contribution is -0.142. The normalized spacial score (nSPS) is 29.2. The zero-order chi connectivity index (χ0) is 14.8. The Labute approximate surface area is 122 Å². The van der Waals surface area contributed by atoms with Gasteiger partial charge >= 0.3 is 5.97 Å². The van der Waals surface area contributed by atoms with E-state index in [2.05, 4.69) is 9.97 Å². The summed E-state index contributed by atoms with van der Waals surface area (Å²) >= 11 is 0. The van der Waals surface area contributed by atoms with Crippen LogP contribution in [0.25, 0.3) is 0 Å². The van der Waals surface area contributed by atoms with E-state index < -0.39 is 6.17 Å². The van der Waals surface area contributed by atoms with E-state index in [-0.39, 0.29) is 18.1 Å². The molecule has 0 aliphatic carbocycles. The van der Waals surface area contributed by atoms with Gasteiger partial charge in [-0.3, -0.25) is 9.69 Å². The molecule has 1 aromatic heterocycles. The second-order valence-electron chi connectivity index (χ2n) is 5.62. The van der Waals surface area contributed by atoms with Crippen molar-refractivity contribution in [2.24, 2.45) is 0 Å². The summed E-state index contributed by atoms with van der Waals surface area (Å²) < 4.78 is 18.8. The van der Waals surface area contributed by atoms with Gasteiger partial charge in [-0.2, -0.15) is 0 Å². The van der Waals surface area contributed by atoms with Crippen LogP contribution in [0.15, 0.2) is 18.6 Å². The Morgan fingerprint density at radius 3 is 3.10 bits per heavy atom. The summed E-state index contributed by atoms with van der Waals surface area (Å²) in [5.74, 6) is 0.554. The van der Waals surface area contributed by atoms with E-state index in [0.717, 1.165) is 5.82 Å². The maximum absolute atomic E-state index is 13.8. The van der Waals surface area contributed by atoms with Crippen LogP contribution in [-0.4, -0.2) is 65.8 Å². The number of carbonyl (C=O) groups excluding carboxylic acids is 1. The van der Waals surface area contributed by atoms with Crippen molar-refractivity contribution in [3.8, 4) is 0 Å². The molecule has 21 heavy (non-hydrogen) atoms. The SMILES string of the molecule is CN(C[C@@H]1C[C@H](F)CN1c1ccncn1)[C@@H]1CCOC1=O. The van der Waals surface area contributed by atoms with Crippen molar-refractivity contribution in [1.82, 2.24) is 14.9 Å². The molecule has 2 saturated heterocycles. The van der Waals surface area contributed by atoms with Crippen LogP contribution in [0.2, 0.25) is 0 Å². The molecule has 1 aromatic rings. The number of cyclic esters (lactones) is 1. The number of hydrogen-bond donors (Lipinski definition) is 0. The topological polar surface area (TPSA) is 58.6 Å². The zero-order valence-corrected chi connectivity index (χ0v) is 12.0. The van der Waals surface area contributed by atoms with Crippen LogP contribution < -0.4 is 4.90 Å². The summed E-state index contributed by atoms with van der Waals surface area (Å²) in [6.07, 6.45) is 3.41. The third kappa shape index (κ3) is 2.97. The van der Waals surface area contributed by atoms with E-state index in [0.29, 0.717) is 32.5 Å². The smallest absolute Gasteiger partial charge is 0.323 e. The molecule has 0 spiro atoms. The molecular formula is C14H19FN4O2. The lowest BCUT2D eigenvalue weighted by Crippen LogP contribution is -2.44. The average molecular weight is 294 g/mol. The molecule has 2 aliphatic rings. The second-order valence-corrected chi connectivity index (χ2v) is 5.62. The van der Waals surface area contributed by atoms with Crippen molar-refractivity contribution in [3.63, 3.8) is 0 Å². The predicted molar refractivity (Wildman–Crippen MR) is 74.7 cm³/mol. The van der Waals surface area contributed by atoms with Gasteiger partial charge in [-0.05, 0) is 13.1 Å². The van der Waals surface area contributed by atoms with Gasteiger partial charge in [0.2, 0.25) is 0 Å². The highest BCUT2D eigenvalue weighted by molar-refractivity contribution is 5.77. The highest BCUT2D eigenvalue weighted by Gasteiger charge is 2.37. The van der Waals surface area contributed by atoms with E-state index in [9.17, 15) is 9.18 Å². The Morgan fingerprint density at radius 2 is 2.43 bits per heavy atom. The van der Waals surface area contributed by atoms with Crippen molar-refractivity contribution >= 4 is 11.8 Å². The summed E-state index contributed by atoms with van der Waals surface area (Å²) in [6.45, 7) is 1.43. The van der Waals surface area contributed by atoms with Gasteiger partial charge in [-0.1, -0.05) is 0 Å². The monoisotopic (exact) mass is 294 g/mol. The predicted octanol–water partition coefficient (Wildman–Crippen LogP) is 0.641. The van der Waals surface area contributed by atoms with Crippen LogP contribution in [-0.2, 0) is 9.53 Å². The standard InChI is InChI=1S/C14H19FN4O2/c1-18(12-3-5-21-14(12)20)8-11-6-10(15)7-19(11)13-2-4-16-9-17-13/h2,4,9-12H,3,5-8H2,1H3/t10-,11-,12+/m0/s1. The number of ether oxygens (including phenoxy) is 1. The molecule has 0 saturated carbocycles. The maximum Gasteiger partial charge on any atom is 0.323 e. The van der Waals surface area contributed by atoms with Crippen molar-refractivity contribution in [2.45, 2.75) is 31.1 Å². The molecule has 2 fully saturated rings. The molecule has 0 radical (unpaired) electrons. The van der Waals surface area contributed by atoms with Crippen LogP contribution in [0.3, 0.4) is 0 Å². The van der Waals surface area contributed by atoms with Crippen LogP contribution in [0.1, 0.15) is 12.8 Å². The average Bonchev–Trinajstić information content (AvgIpc) is 3.06. The molecule has 0 amide bonds. The Hall–Kier alpha value is -1.76. The number of alkyl halides is 1. The van der Waals surface area contributed by atoms with Gasteiger partial charge in [0.1, 0.15) is 24.4 Å². The molecule has 0 bridgehead atoms. The fourth-order valence-electron chi connectivity index (χ4n) is 3.11. The number of hydrogen-bond acceptors (Lipinski definition) is 6. The van der Waals surface area contributed by atoms with Crippen LogP contribution >= 0.6 is 0 Å². The fraction of sp³-hybridized carbons (Fsp3) is 0.643. The van der Waals surface area contributed by atoms with Crippen molar-refractivity contribution in [2.75, 3.05) is 31.6 Å². The first-order valence-corrected chi connectivity index (χ1v) is 7.18. The minimum Gasteiger partial charge on any atom is -0.464 e. The quantitative estimate of drug-likeness (QED) is 0.760. The molecule has 3 atom stereocenters. The Balaban J connectivity index is 1.69. The molecule has 2 aliphatic heterocycles. The van der Waals surface area contributed by atoms with E-state index in [1.165, 1.54) is 6.33 Å². The van der Waals surface area contributed by atoms with Gasteiger partial charge in [0, 0.05) is 31.6 Å². The molecule has 7 heteroatoms. The van der Waals surface area contributed by atoms with E-state index in [1.807, 2.05) is 16.8 Å². The lowest BCUT2D eigenvalue weighted by atomic mass is 10.1. The van der Waals surface area contributed by atoms with E-state index in [1.54, 1.807) is 12.3 Å². The number of rotatable bonds is 4. The van der Waals surface area contributed by atoms with Gasteiger partial charge in [0.25, 0.3) is 0 Å². The lowest BCUT2D eigenvalue weighted by Gasteiger charge is -2.30. The Kier molecular flexibility index (Phi) is 4.01. The van der Waals surface area contributed by atoms with Crippen LogP contribution in [0, 0.1) is 0 Å². The van der Waals surface area contributed by atoms with E-state index >= 15 is 0 Å². The summed E-state index contributed by atoms with van der Waals surface area (Å²) in [6, 6.07) is 1.58. The molecule has 3 heterocycles.